The molecule has 0 saturated heterocycles. The number of halogens is 1. The Kier molecular flexibility index (Phi) is 5.56. The second kappa shape index (κ2) is 7.63. The Balaban J connectivity index is 2.32. The maximum absolute atomic E-state index is 12.4. The molecule has 0 atom stereocenters. The minimum atomic E-state index is -0.683. The first kappa shape index (κ1) is 18.2. The molecule has 2 amide bonds. The molecule has 0 heterocycles. The molecule has 0 aromatic heterocycles. The predicted molar refractivity (Wildman–Crippen MR) is 93.4 cm³/mol. The molecule has 2 N–H and O–H groups in total. The van der Waals surface area contributed by atoms with Crippen molar-refractivity contribution < 1.29 is 19.2 Å². The molecule has 2 rings (SSSR count). The zero-order valence-corrected chi connectivity index (χ0v) is 14.1. The summed E-state index contributed by atoms with van der Waals surface area (Å²) in [7, 11) is 1.44. The first-order chi connectivity index (χ1) is 11.8. The van der Waals surface area contributed by atoms with Crippen LogP contribution < -0.4 is 15.4 Å². The summed E-state index contributed by atoms with van der Waals surface area (Å²) in [4.78, 5) is 34.0. The number of carbonyl (C=O) groups excluding carboxylic acids is 2. The minimum Gasteiger partial charge on any atom is -0.495 e. The zero-order valence-electron chi connectivity index (χ0n) is 13.3. The first-order valence-corrected chi connectivity index (χ1v) is 7.40. The molecule has 9 heteroatoms. The molecule has 0 bridgehead atoms. The number of hydrogen-bond donors (Lipinski definition) is 2. The third kappa shape index (κ3) is 4.45. The number of amides is 2. The molecule has 8 nitrogen and oxygen atoms in total. The molecule has 0 saturated carbocycles. The molecule has 0 radical (unpaired) electrons. The molecular formula is C16H14ClN3O5. The molecule has 0 aliphatic carbocycles. The number of anilines is 2. The van der Waals surface area contributed by atoms with E-state index in [4.69, 9.17) is 16.3 Å². The lowest BCUT2D eigenvalue weighted by Crippen LogP contribution is -2.14. The summed E-state index contributed by atoms with van der Waals surface area (Å²) in [6.45, 7) is 1.34. The monoisotopic (exact) mass is 363 g/mol. The number of nitro benzene ring substituents is 1. The fourth-order valence-corrected chi connectivity index (χ4v) is 2.29. The number of methoxy groups -OCH3 is 1. The first-order valence-electron chi connectivity index (χ1n) is 7.02. The van der Waals surface area contributed by atoms with Crippen LogP contribution in [0.15, 0.2) is 36.4 Å². The molecular weight excluding hydrogens is 350 g/mol. The lowest BCUT2D eigenvalue weighted by molar-refractivity contribution is -0.385. The lowest BCUT2D eigenvalue weighted by atomic mass is 10.1. The van der Waals surface area contributed by atoms with E-state index in [0.717, 1.165) is 6.07 Å². The van der Waals surface area contributed by atoms with E-state index >= 15 is 0 Å². The van der Waals surface area contributed by atoms with E-state index in [2.05, 4.69) is 10.6 Å². The topological polar surface area (TPSA) is 111 Å². The van der Waals surface area contributed by atoms with Gasteiger partial charge in [0.1, 0.15) is 11.3 Å². The Morgan fingerprint density at radius 3 is 2.48 bits per heavy atom. The Morgan fingerprint density at radius 1 is 1.16 bits per heavy atom. The molecule has 0 fully saturated rings. The quantitative estimate of drug-likeness (QED) is 0.624. The van der Waals surface area contributed by atoms with Gasteiger partial charge in [0, 0.05) is 23.7 Å². The number of rotatable bonds is 5. The Bertz CT molecular complexity index is 854. The van der Waals surface area contributed by atoms with E-state index in [9.17, 15) is 19.7 Å². The third-order valence-electron chi connectivity index (χ3n) is 3.17. The molecule has 2 aromatic rings. The van der Waals surface area contributed by atoms with Gasteiger partial charge in [-0.05, 0) is 30.3 Å². The lowest BCUT2D eigenvalue weighted by Gasteiger charge is -2.12. The average Bonchev–Trinajstić information content (AvgIpc) is 2.54. The summed E-state index contributed by atoms with van der Waals surface area (Å²) in [5.74, 6) is -0.580. The summed E-state index contributed by atoms with van der Waals surface area (Å²) in [5, 5.41) is 16.4. The molecule has 0 aliphatic heterocycles. The van der Waals surface area contributed by atoms with E-state index in [0.29, 0.717) is 17.1 Å². The van der Waals surface area contributed by atoms with Gasteiger partial charge in [-0.2, -0.15) is 0 Å². The Labute approximate surface area is 147 Å². The van der Waals surface area contributed by atoms with Gasteiger partial charge in [-0.15, -0.1) is 0 Å². The SMILES string of the molecule is COc1ccc(NC(=O)c2ccc(Cl)cc2[N+](=O)[O-])cc1NC(C)=O. The smallest absolute Gasteiger partial charge is 0.283 e. The fourth-order valence-electron chi connectivity index (χ4n) is 2.12. The van der Waals surface area contributed by atoms with Crippen molar-refractivity contribution in [1.82, 2.24) is 0 Å². The highest BCUT2D eigenvalue weighted by atomic mass is 35.5. The van der Waals surface area contributed by atoms with Crippen molar-refractivity contribution in [2.75, 3.05) is 17.7 Å². The van der Waals surface area contributed by atoms with E-state index in [1.165, 1.54) is 32.2 Å². The highest BCUT2D eigenvalue weighted by molar-refractivity contribution is 6.31. The number of hydrogen-bond acceptors (Lipinski definition) is 5. The van der Waals surface area contributed by atoms with Gasteiger partial charge in [0.2, 0.25) is 5.91 Å². The molecule has 0 aliphatic rings. The van der Waals surface area contributed by atoms with Gasteiger partial charge in [-0.1, -0.05) is 11.6 Å². The van der Waals surface area contributed by atoms with Crippen molar-refractivity contribution in [2.45, 2.75) is 6.92 Å². The molecule has 130 valence electrons. The summed E-state index contributed by atoms with van der Waals surface area (Å²) in [6.07, 6.45) is 0. The van der Waals surface area contributed by atoms with Crippen LogP contribution in [0.2, 0.25) is 5.02 Å². The fraction of sp³-hybridized carbons (Fsp3) is 0.125. The van der Waals surface area contributed by atoms with Crippen molar-refractivity contribution in [2.24, 2.45) is 0 Å². The van der Waals surface area contributed by atoms with Crippen LogP contribution in [-0.2, 0) is 4.79 Å². The Hall–Kier alpha value is -3.13. The van der Waals surface area contributed by atoms with Crippen molar-refractivity contribution in [1.29, 1.82) is 0 Å². The normalized spacial score (nSPS) is 10.0. The highest BCUT2D eigenvalue weighted by Crippen LogP contribution is 2.29. The standard InChI is InChI=1S/C16H14ClN3O5/c1-9(21)18-13-8-11(4-6-15(13)25-2)19-16(22)12-5-3-10(17)7-14(12)20(23)24/h3-8H,1-2H3,(H,18,21)(H,19,22). The van der Waals surface area contributed by atoms with Gasteiger partial charge in [0.15, 0.2) is 0 Å². The van der Waals surface area contributed by atoms with Crippen LogP contribution in [0.1, 0.15) is 17.3 Å². The molecule has 25 heavy (non-hydrogen) atoms. The van der Waals surface area contributed by atoms with Crippen LogP contribution in [0.4, 0.5) is 17.1 Å². The third-order valence-corrected chi connectivity index (χ3v) is 3.40. The second-order valence-corrected chi connectivity index (χ2v) is 5.41. The molecule has 0 unspecified atom stereocenters. The summed E-state index contributed by atoms with van der Waals surface area (Å²) >= 11 is 5.74. The summed E-state index contributed by atoms with van der Waals surface area (Å²) in [6, 6.07) is 8.35. The number of benzene rings is 2. The van der Waals surface area contributed by atoms with Crippen LogP contribution in [0.25, 0.3) is 0 Å². The minimum absolute atomic E-state index is 0.133. The summed E-state index contributed by atoms with van der Waals surface area (Å²) in [5.41, 5.74) is 0.157. The van der Waals surface area contributed by atoms with Gasteiger partial charge in [0.25, 0.3) is 11.6 Å². The van der Waals surface area contributed by atoms with Gasteiger partial charge < -0.3 is 15.4 Å². The van der Waals surface area contributed by atoms with Crippen molar-refractivity contribution in [3.8, 4) is 5.75 Å². The highest BCUT2D eigenvalue weighted by Gasteiger charge is 2.21. The van der Waals surface area contributed by atoms with Crippen molar-refractivity contribution in [3.63, 3.8) is 0 Å². The second-order valence-electron chi connectivity index (χ2n) is 4.97. The molecule has 0 spiro atoms. The maximum Gasteiger partial charge on any atom is 0.283 e. The number of ether oxygens (including phenoxy) is 1. The van der Waals surface area contributed by atoms with E-state index in [1.807, 2.05) is 0 Å². The van der Waals surface area contributed by atoms with Crippen LogP contribution in [0.5, 0.6) is 5.75 Å². The van der Waals surface area contributed by atoms with E-state index in [1.54, 1.807) is 12.1 Å². The van der Waals surface area contributed by atoms with Gasteiger partial charge in [-0.3, -0.25) is 19.7 Å². The van der Waals surface area contributed by atoms with Crippen LogP contribution in [-0.4, -0.2) is 23.8 Å². The van der Waals surface area contributed by atoms with Gasteiger partial charge in [0.05, 0.1) is 17.7 Å². The predicted octanol–water partition coefficient (Wildman–Crippen LogP) is 3.47. The number of nitro groups is 1. The van der Waals surface area contributed by atoms with E-state index in [-0.39, 0.29) is 16.5 Å². The van der Waals surface area contributed by atoms with Crippen LogP contribution in [0, 0.1) is 10.1 Å². The van der Waals surface area contributed by atoms with Gasteiger partial charge in [-0.25, -0.2) is 0 Å². The number of nitrogens with zero attached hydrogens (tertiary/aromatic N) is 1. The van der Waals surface area contributed by atoms with Crippen LogP contribution >= 0.6 is 11.6 Å². The van der Waals surface area contributed by atoms with Crippen LogP contribution in [0.3, 0.4) is 0 Å². The largest absolute Gasteiger partial charge is 0.495 e. The molecule has 2 aromatic carbocycles. The number of carbonyl (C=O) groups is 2. The maximum atomic E-state index is 12.4. The van der Waals surface area contributed by atoms with Crippen molar-refractivity contribution in [3.05, 3.63) is 57.1 Å². The average molecular weight is 364 g/mol. The number of nitrogens with one attached hydrogen (secondary N) is 2. The van der Waals surface area contributed by atoms with Crippen molar-refractivity contribution >= 4 is 40.5 Å². The Morgan fingerprint density at radius 2 is 1.88 bits per heavy atom. The zero-order chi connectivity index (χ0) is 18.6. The summed E-state index contributed by atoms with van der Waals surface area (Å²) < 4.78 is 5.12. The van der Waals surface area contributed by atoms with Gasteiger partial charge >= 0.3 is 0 Å². The van der Waals surface area contributed by atoms with E-state index < -0.39 is 16.5 Å².